The van der Waals surface area contributed by atoms with E-state index in [2.05, 4.69) is 39.8 Å². The molecule has 4 nitrogen and oxygen atoms in total. The van der Waals surface area contributed by atoms with Gasteiger partial charge in [0.1, 0.15) is 0 Å². The van der Waals surface area contributed by atoms with E-state index >= 15 is 0 Å². The number of ether oxygens (including phenoxy) is 1. The van der Waals surface area contributed by atoms with Crippen LogP contribution >= 0.6 is 0 Å². The Labute approximate surface area is 107 Å². The molecule has 0 aliphatic heterocycles. The van der Waals surface area contributed by atoms with Gasteiger partial charge in [-0.3, -0.25) is 5.10 Å². The lowest BCUT2D eigenvalue weighted by atomic mass is 10.1. The first-order valence-corrected chi connectivity index (χ1v) is 6.06. The maximum absolute atomic E-state index is 5.13. The second-order valence-corrected chi connectivity index (χ2v) is 4.38. The molecule has 0 saturated heterocycles. The van der Waals surface area contributed by atoms with Crippen LogP contribution in [0, 0.1) is 6.92 Å². The van der Waals surface area contributed by atoms with E-state index in [0.717, 1.165) is 18.8 Å². The van der Waals surface area contributed by atoms with E-state index in [1.165, 1.54) is 16.7 Å². The van der Waals surface area contributed by atoms with E-state index in [0.29, 0.717) is 6.61 Å². The molecule has 1 heterocycles. The Kier molecular flexibility index (Phi) is 4.50. The fourth-order valence-corrected chi connectivity index (χ4v) is 1.89. The first-order chi connectivity index (χ1) is 8.79. The predicted molar refractivity (Wildman–Crippen MR) is 71.0 cm³/mol. The number of hydrogen-bond donors (Lipinski definition) is 2. The van der Waals surface area contributed by atoms with E-state index in [1.54, 1.807) is 7.11 Å². The minimum absolute atomic E-state index is 0.661. The second kappa shape index (κ2) is 6.33. The van der Waals surface area contributed by atoms with Gasteiger partial charge in [-0.25, -0.2) is 0 Å². The molecule has 18 heavy (non-hydrogen) atoms. The number of aromatic nitrogens is 2. The number of nitrogens with zero attached hydrogens (tertiary/aromatic N) is 1. The molecule has 0 bridgehead atoms. The Morgan fingerprint density at radius 3 is 2.83 bits per heavy atom. The van der Waals surface area contributed by atoms with Crippen molar-refractivity contribution in [2.24, 2.45) is 0 Å². The van der Waals surface area contributed by atoms with Gasteiger partial charge >= 0.3 is 0 Å². The van der Waals surface area contributed by atoms with E-state index in [9.17, 15) is 0 Å². The van der Waals surface area contributed by atoms with Crippen LogP contribution in [0.3, 0.4) is 0 Å². The highest BCUT2D eigenvalue weighted by atomic mass is 16.5. The molecule has 0 fully saturated rings. The SMILES string of the molecule is COCc1cccc(CNCc2cn[nH]c2C)c1. The normalized spacial score (nSPS) is 10.8. The number of H-pyrrole nitrogens is 1. The molecule has 2 aromatic rings. The first-order valence-electron chi connectivity index (χ1n) is 6.06. The number of nitrogens with one attached hydrogen (secondary N) is 2. The van der Waals surface area contributed by atoms with Crippen molar-refractivity contribution in [2.45, 2.75) is 26.6 Å². The Bertz CT molecular complexity index is 493. The van der Waals surface area contributed by atoms with Crippen LogP contribution in [0.25, 0.3) is 0 Å². The second-order valence-electron chi connectivity index (χ2n) is 4.38. The summed E-state index contributed by atoms with van der Waals surface area (Å²) in [6.45, 7) is 4.37. The number of benzene rings is 1. The summed E-state index contributed by atoms with van der Waals surface area (Å²) < 4.78 is 5.13. The Balaban J connectivity index is 1.86. The lowest BCUT2D eigenvalue weighted by Crippen LogP contribution is -2.13. The first kappa shape index (κ1) is 12.8. The third kappa shape index (κ3) is 3.42. The molecule has 1 aromatic heterocycles. The summed E-state index contributed by atoms with van der Waals surface area (Å²) in [4.78, 5) is 0. The summed E-state index contributed by atoms with van der Waals surface area (Å²) in [7, 11) is 1.71. The van der Waals surface area contributed by atoms with Gasteiger partial charge in [0.15, 0.2) is 0 Å². The topological polar surface area (TPSA) is 49.9 Å². The molecule has 2 rings (SSSR count). The molecular weight excluding hydrogens is 226 g/mol. The van der Waals surface area contributed by atoms with Crippen molar-refractivity contribution in [3.63, 3.8) is 0 Å². The summed E-state index contributed by atoms with van der Waals surface area (Å²) in [6.07, 6.45) is 1.86. The van der Waals surface area contributed by atoms with Crippen molar-refractivity contribution in [1.82, 2.24) is 15.5 Å². The van der Waals surface area contributed by atoms with Gasteiger partial charge in [0.2, 0.25) is 0 Å². The molecule has 0 atom stereocenters. The van der Waals surface area contributed by atoms with Crippen molar-refractivity contribution in [1.29, 1.82) is 0 Å². The number of rotatable bonds is 6. The standard InChI is InChI=1S/C14H19N3O/c1-11-14(9-16-17-11)8-15-7-12-4-3-5-13(6-12)10-18-2/h3-6,9,15H,7-8,10H2,1-2H3,(H,16,17). The highest BCUT2D eigenvalue weighted by Crippen LogP contribution is 2.07. The Hall–Kier alpha value is -1.65. The fourth-order valence-electron chi connectivity index (χ4n) is 1.89. The zero-order valence-electron chi connectivity index (χ0n) is 10.9. The monoisotopic (exact) mass is 245 g/mol. The average molecular weight is 245 g/mol. The molecule has 0 aliphatic carbocycles. The van der Waals surface area contributed by atoms with Crippen molar-refractivity contribution in [3.8, 4) is 0 Å². The molecule has 0 aliphatic rings. The molecule has 0 unspecified atom stereocenters. The van der Waals surface area contributed by atoms with Crippen LogP contribution in [0.15, 0.2) is 30.5 Å². The fraction of sp³-hybridized carbons (Fsp3) is 0.357. The van der Waals surface area contributed by atoms with Crippen molar-refractivity contribution >= 4 is 0 Å². The number of hydrogen-bond acceptors (Lipinski definition) is 3. The molecule has 0 amide bonds. The molecule has 0 spiro atoms. The third-order valence-corrected chi connectivity index (χ3v) is 2.88. The number of aromatic amines is 1. The van der Waals surface area contributed by atoms with Crippen LogP contribution in [0.1, 0.15) is 22.4 Å². The quantitative estimate of drug-likeness (QED) is 0.820. The lowest BCUT2D eigenvalue weighted by molar-refractivity contribution is 0.185. The summed E-state index contributed by atoms with van der Waals surface area (Å²) >= 11 is 0. The zero-order chi connectivity index (χ0) is 12.8. The van der Waals surface area contributed by atoms with Gasteiger partial charge in [0.05, 0.1) is 12.8 Å². The van der Waals surface area contributed by atoms with E-state index in [-0.39, 0.29) is 0 Å². The highest BCUT2D eigenvalue weighted by molar-refractivity contribution is 5.23. The average Bonchev–Trinajstić information content (AvgIpc) is 2.76. The van der Waals surface area contributed by atoms with Gasteiger partial charge in [0, 0.05) is 31.5 Å². The predicted octanol–water partition coefficient (Wildman–Crippen LogP) is 2.15. The molecule has 4 heteroatoms. The summed E-state index contributed by atoms with van der Waals surface area (Å²) in [5.41, 5.74) is 4.81. The van der Waals surface area contributed by atoms with Crippen LogP contribution in [-0.4, -0.2) is 17.3 Å². The van der Waals surface area contributed by atoms with E-state index in [1.807, 2.05) is 13.1 Å². The van der Waals surface area contributed by atoms with Gasteiger partial charge in [0.25, 0.3) is 0 Å². The summed E-state index contributed by atoms with van der Waals surface area (Å²) in [6, 6.07) is 8.43. The molecule has 1 aromatic carbocycles. The van der Waals surface area contributed by atoms with E-state index < -0.39 is 0 Å². The van der Waals surface area contributed by atoms with Crippen LogP contribution in [-0.2, 0) is 24.4 Å². The largest absolute Gasteiger partial charge is 0.380 e. The minimum atomic E-state index is 0.661. The summed E-state index contributed by atoms with van der Waals surface area (Å²) in [5.74, 6) is 0. The lowest BCUT2D eigenvalue weighted by Gasteiger charge is -2.06. The maximum Gasteiger partial charge on any atom is 0.0713 e. The maximum atomic E-state index is 5.13. The van der Waals surface area contributed by atoms with Gasteiger partial charge < -0.3 is 10.1 Å². The van der Waals surface area contributed by atoms with Gasteiger partial charge in [-0.15, -0.1) is 0 Å². The number of methoxy groups -OCH3 is 1. The van der Waals surface area contributed by atoms with Crippen LogP contribution in [0.5, 0.6) is 0 Å². The molecule has 2 N–H and O–H groups in total. The van der Waals surface area contributed by atoms with Crippen LogP contribution < -0.4 is 5.32 Å². The van der Waals surface area contributed by atoms with Crippen molar-refractivity contribution in [2.75, 3.05) is 7.11 Å². The van der Waals surface area contributed by atoms with Crippen molar-refractivity contribution in [3.05, 3.63) is 52.8 Å². The smallest absolute Gasteiger partial charge is 0.0713 e. The Morgan fingerprint density at radius 2 is 2.11 bits per heavy atom. The molecule has 96 valence electrons. The van der Waals surface area contributed by atoms with Gasteiger partial charge in [-0.2, -0.15) is 5.10 Å². The van der Waals surface area contributed by atoms with Gasteiger partial charge in [-0.05, 0) is 18.1 Å². The third-order valence-electron chi connectivity index (χ3n) is 2.88. The van der Waals surface area contributed by atoms with Crippen LogP contribution in [0.2, 0.25) is 0 Å². The highest BCUT2D eigenvalue weighted by Gasteiger charge is 2.00. The van der Waals surface area contributed by atoms with E-state index in [4.69, 9.17) is 4.74 Å². The minimum Gasteiger partial charge on any atom is -0.380 e. The van der Waals surface area contributed by atoms with Crippen LogP contribution in [0.4, 0.5) is 0 Å². The summed E-state index contributed by atoms with van der Waals surface area (Å²) in [5, 5.41) is 10.4. The molecule has 0 saturated carbocycles. The molecular formula is C14H19N3O. The van der Waals surface area contributed by atoms with Gasteiger partial charge in [-0.1, -0.05) is 24.3 Å². The zero-order valence-corrected chi connectivity index (χ0v) is 10.9. The Morgan fingerprint density at radius 1 is 1.28 bits per heavy atom. The number of aryl methyl sites for hydroxylation is 1. The van der Waals surface area contributed by atoms with Crippen molar-refractivity contribution < 1.29 is 4.74 Å². The molecule has 0 radical (unpaired) electrons.